The molecule has 2 saturated heterocycles. The fraction of sp³-hybridized carbons (Fsp3) is 0.812. The SMILES string of the molecule is Cn1c(CN2CCC(O)CC2)nnc1C1CCCN(C(=O)CO)C1. The van der Waals surface area contributed by atoms with E-state index in [2.05, 4.69) is 15.1 Å². The van der Waals surface area contributed by atoms with Gasteiger partial charge in [-0.3, -0.25) is 9.69 Å². The summed E-state index contributed by atoms with van der Waals surface area (Å²) in [5.74, 6) is 1.79. The van der Waals surface area contributed by atoms with Crippen molar-refractivity contribution < 1.29 is 15.0 Å². The number of aliphatic hydroxyl groups excluding tert-OH is 2. The van der Waals surface area contributed by atoms with E-state index >= 15 is 0 Å². The second-order valence-electron chi connectivity index (χ2n) is 6.88. The van der Waals surface area contributed by atoms with Crippen LogP contribution in [0.2, 0.25) is 0 Å². The van der Waals surface area contributed by atoms with Gasteiger partial charge in [0.1, 0.15) is 18.3 Å². The predicted octanol–water partition coefficient (Wildman–Crippen LogP) is -0.530. The van der Waals surface area contributed by atoms with E-state index in [9.17, 15) is 9.90 Å². The van der Waals surface area contributed by atoms with Crippen LogP contribution in [0.15, 0.2) is 0 Å². The second kappa shape index (κ2) is 7.58. The molecule has 2 aliphatic heterocycles. The normalized spacial score (nSPS) is 23.6. The smallest absolute Gasteiger partial charge is 0.248 e. The van der Waals surface area contributed by atoms with Crippen molar-refractivity contribution in [2.75, 3.05) is 32.8 Å². The molecule has 3 rings (SSSR count). The Morgan fingerprint density at radius 2 is 1.96 bits per heavy atom. The van der Waals surface area contributed by atoms with E-state index in [-0.39, 0.29) is 17.9 Å². The van der Waals surface area contributed by atoms with Crippen LogP contribution in [0.25, 0.3) is 0 Å². The number of carbonyl (C=O) groups is 1. The van der Waals surface area contributed by atoms with Crippen molar-refractivity contribution in [3.63, 3.8) is 0 Å². The molecule has 0 radical (unpaired) electrons. The average molecular weight is 337 g/mol. The molecular weight excluding hydrogens is 310 g/mol. The molecule has 0 spiro atoms. The van der Waals surface area contributed by atoms with Gasteiger partial charge in [0.05, 0.1) is 12.6 Å². The van der Waals surface area contributed by atoms with E-state index in [1.165, 1.54) is 0 Å². The summed E-state index contributed by atoms with van der Waals surface area (Å²) in [5, 5.41) is 27.4. The number of piperidine rings is 2. The van der Waals surface area contributed by atoms with Crippen molar-refractivity contribution >= 4 is 5.91 Å². The Balaban J connectivity index is 1.65. The minimum absolute atomic E-state index is 0.170. The Bertz CT molecular complexity index is 568. The van der Waals surface area contributed by atoms with Crippen molar-refractivity contribution in [2.24, 2.45) is 7.05 Å². The molecule has 1 aromatic rings. The van der Waals surface area contributed by atoms with E-state index in [1.807, 2.05) is 11.6 Å². The highest BCUT2D eigenvalue weighted by atomic mass is 16.3. The molecule has 1 aromatic heterocycles. The average Bonchev–Trinajstić information content (AvgIpc) is 2.97. The van der Waals surface area contributed by atoms with Crippen LogP contribution < -0.4 is 0 Å². The molecule has 0 aromatic carbocycles. The summed E-state index contributed by atoms with van der Waals surface area (Å²) in [6, 6.07) is 0. The van der Waals surface area contributed by atoms with Gasteiger partial charge < -0.3 is 19.7 Å². The Labute approximate surface area is 142 Å². The van der Waals surface area contributed by atoms with Gasteiger partial charge in [0.2, 0.25) is 5.91 Å². The van der Waals surface area contributed by atoms with Crippen molar-refractivity contribution in [2.45, 2.75) is 44.2 Å². The fourth-order valence-corrected chi connectivity index (χ4v) is 3.66. The predicted molar refractivity (Wildman–Crippen MR) is 87.2 cm³/mol. The Morgan fingerprint density at radius 1 is 1.21 bits per heavy atom. The first kappa shape index (κ1) is 17.3. The van der Waals surface area contributed by atoms with Crippen molar-refractivity contribution in [3.8, 4) is 0 Å². The van der Waals surface area contributed by atoms with Gasteiger partial charge in [0, 0.05) is 39.1 Å². The molecule has 24 heavy (non-hydrogen) atoms. The van der Waals surface area contributed by atoms with Crippen LogP contribution in [0.3, 0.4) is 0 Å². The molecule has 134 valence electrons. The summed E-state index contributed by atoms with van der Waals surface area (Å²) in [6.45, 7) is 3.37. The van der Waals surface area contributed by atoms with Crippen LogP contribution in [-0.2, 0) is 18.4 Å². The van der Waals surface area contributed by atoms with Gasteiger partial charge >= 0.3 is 0 Å². The lowest BCUT2D eigenvalue weighted by molar-refractivity contribution is -0.135. The molecule has 0 bridgehead atoms. The van der Waals surface area contributed by atoms with Gasteiger partial charge in [-0.25, -0.2) is 0 Å². The monoisotopic (exact) mass is 337 g/mol. The number of carbonyl (C=O) groups excluding carboxylic acids is 1. The standard InChI is InChI=1S/C16H27N5O3/c1-19-14(10-20-7-4-13(23)5-8-20)17-18-16(19)12-3-2-6-21(9-12)15(24)11-22/h12-13,22-23H,2-11H2,1H3. The number of aromatic nitrogens is 3. The number of hydrogen-bond acceptors (Lipinski definition) is 6. The molecule has 1 unspecified atom stereocenters. The molecule has 0 aliphatic carbocycles. The maximum Gasteiger partial charge on any atom is 0.248 e. The zero-order valence-corrected chi connectivity index (χ0v) is 14.3. The summed E-state index contributed by atoms with van der Waals surface area (Å²) in [7, 11) is 1.98. The Hall–Kier alpha value is -1.51. The molecule has 2 N–H and O–H groups in total. The molecule has 3 heterocycles. The summed E-state index contributed by atoms with van der Waals surface area (Å²) >= 11 is 0. The third-order valence-electron chi connectivity index (χ3n) is 5.20. The van der Waals surface area contributed by atoms with Crippen LogP contribution in [0.1, 0.15) is 43.3 Å². The molecule has 2 fully saturated rings. The van der Waals surface area contributed by atoms with Gasteiger partial charge in [-0.1, -0.05) is 0 Å². The van der Waals surface area contributed by atoms with Crippen LogP contribution in [0, 0.1) is 0 Å². The van der Waals surface area contributed by atoms with Crippen LogP contribution >= 0.6 is 0 Å². The van der Waals surface area contributed by atoms with Crippen molar-refractivity contribution in [1.29, 1.82) is 0 Å². The molecular formula is C16H27N5O3. The lowest BCUT2D eigenvalue weighted by atomic mass is 9.97. The molecule has 8 nitrogen and oxygen atoms in total. The van der Waals surface area contributed by atoms with Gasteiger partial charge in [0.25, 0.3) is 0 Å². The van der Waals surface area contributed by atoms with E-state index in [1.54, 1.807) is 4.90 Å². The highest BCUT2D eigenvalue weighted by Crippen LogP contribution is 2.26. The number of likely N-dealkylation sites (tertiary alicyclic amines) is 2. The van der Waals surface area contributed by atoms with Gasteiger partial charge in [-0.2, -0.15) is 0 Å². The first-order chi connectivity index (χ1) is 11.6. The third kappa shape index (κ3) is 3.76. The molecule has 8 heteroatoms. The lowest BCUT2D eigenvalue weighted by Gasteiger charge is -2.32. The number of rotatable bonds is 4. The van der Waals surface area contributed by atoms with E-state index < -0.39 is 6.61 Å². The summed E-state index contributed by atoms with van der Waals surface area (Å²) < 4.78 is 2.04. The number of nitrogens with zero attached hydrogens (tertiary/aromatic N) is 5. The summed E-state index contributed by atoms with van der Waals surface area (Å²) in [5.41, 5.74) is 0. The summed E-state index contributed by atoms with van der Waals surface area (Å²) in [4.78, 5) is 15.7. The first-order valence-corrected chi connectivity index (χ1v) is 8.75. The largest absolute Gasteiger partial charge is 0.393 e. The molecule has 2 aliphatic rings. The Kier molecular flexibility index (Phi) is 5.47. The number of amides is 1. The zero-order chi connectivity index (χ0) is 17.1. The highest BCUT2D eigenvalue weighted by molar-refractivity contribution is 5.77. The first-order valence-electron chi connectivity index (χ1n) is 8.75. The molecule has 1 atom stereocenters. The maximum absolute atomic E-state index is 11.7. The van der Waals surface area contributed by atoms with Gasteiger partial charge in [0.15, 0.2) is 0 Å². The van der Waals surface area contributed by atoms with Gasteiger partial charge in [-0.15, -0.1) is 10.2 Å². The number of hydrogen-bond donors (Lipinski definition) is 2. The van der Waals surface area contributed by atoms with Crippen LogP contribution in [0.5, 0.6) is 0 Å². The quantitative estimate of drug-likeness (QED) is 0.767. The lowest BCUT2D eigenvalue weighted by Crippen LogP contribution is -2.41. The van der Waals surface area contributed by atoms with E-state index in [0.717, 1.165) is 57.0 Å². The number of aliphatic hydroxyl groups is 2. The molecule has 0 saturated carbocycles. The highest BCUT2D eigenvalue weighted by Gasteiger charge is 2.28. The minimum Gasteiger partial charge on any atom is -0.393 e. The van der Waals surface area contributed by atoms with Crippen LogP contribution in [0.4, 0.5) is 0 Å². The van der Waals surface area contributed by atoms with Gasteiger partial charge in [-0.05, 0) is 25.7 Å². The second-order valence-corrected chi connectivity index (χ2v) is 6.88. The van der Waals surface area contributed by atoms with Crippen LogP contribution in [-0.4, -0.2) is 79.6 Å². The Morgan fingerprint density at radius 3 is 2.67 bits per heavy atom. The zero-order valence-electron chi connectivity index (χ0n) is 14.3. The van der Waals surface area contributed by atoms with E-state index in [4.69, 9.17) is 5.11 Å². The van der Waals surface area contributed by atoms with Crippen molar-refractivity contribution in [3.05, 3.63) is 11.6 Å². The maximum atomic E-state index is 11.7. The fourth-order valence-electron chi connectivity index (χ4n) is 3.66. The third-order valence-corrected chi connectivity index (χ3v) is 5.20. The van der Waals surface area contributed by atoms with Crippen molar-refractivity contribution in [1.82, 2.24) is 24.6 Å². The minimum atomic E-state index is -0.433. The topological polar surface area (TPSA) is 94.7 Å². The summed E-state index contributed by atoms with van der Waals surface area (Å²) in [6.07, 6.45) is 3.35. The van der Waals surface area contributed by atoms with E-state index in [0.29, 0.717) is 13.1 Å². The molecule has 1 amide bonds.